The molecule has 4 aromatic rings. The molecule has 0 amide bonds. The minimum atomic E-state index is 0.00113. The molecule has 5 rings (SSSR count). The highest BCUT2D eigenvalue weighted by atomic mass is 79.9. The number of benzene rings is 3. The summed E-state index contributed by atoms with van der Waals surface area (Å²) < 4.78 is 2.38. The Bertz CT molecular complexity index is 1110. The molecule has 0 bridgehead atoms. The van der Waals surface area contributed by atoms with Crippen LogP contribution in [0.3, 0.4) is 0 Å². The maximum atomic E-state index is 4.83. The predicted octanol–water partition coefficient (Wildman–Crippen LogP) is 7.03. The van der Waals surface area contributed by atoms with E-state index in [4.69, 9.17) is 4.98 Å². The highest BCUT2D eigenvalue weighted by molar-refractivity contribution is 9.10. The van der Waals surface area contributed by atoms with Gasteiger partial charge in [0.2, 0.25) is 0 Å². The molecule has 0 spiro atoms. The van der Waals surface area contributed by atoms with E-state index in [0.29, 0.717) is 0 Å². The summed E-state index contributed by atoms with van der Waals surface area (Å²) in [5, 5.41) is 1.09. The van der Waals surface area contributed by atoms with E-state index in [2.05, 4.69) is 84.4 Å². The van der Waals surface area contributed by atoms with Crippen molar-refractivity contribution in [3.63, 3.8) is 0 Å². The topological polar surface area (TPSA) is 12.9 Å². The van der Waals surface area contributed by atoms with Crippen molar-refractivity contribution in [1.29, 1.82) is 0 Å². The van der Waals surface area contributed by atoms with Crippen LogP contribution >= 0.6 is 27.3 Å². The van der Waals surface area contributed by atoms with Crippen LogP contribution in [0.4, 0.5) is 0 Å². The van der Waals surface area contributed by atoms with Crippen LogP contribution < -0.4 is 0 Å². The van der Waals surface area contributed by atoms with E-state index in [9.17, 15) is 0 Å². The van der Waals surface area contributed by atoms with E-state index >= 15 is 0 Å². The number of para-hydroxylation sites is 1. The van der Waals surface area contributed by atoms with E-state index in [1.54, 1.807) is 11.3 Å². The van der Waals surface area contributed by atoms with Gasteiger partial charge in [-0.15, -0.1) is 11.3 Å². The van der Waals surface area contributed by atoms with Gasteiger partial charge in [0.1, 0.15) is 5.01 Å². The summed E-state index contributed by atoms with van der Waals surface area (Å²) >= 11 is 5.39. The summed E-state index contributed by atoms with van der Waals surface area (Å²) in [7, 11) is 0. The summed E-state index contributed by atoms with van der Waals surface area (Å²) in [6.45, 7) is 4.62. The van der Waals surface area contributed by atoms with Gasteiger partial charge in [0.15, 0.2) is 0 Å². The average molecular weight is 406 g/mol. The molecule has 0 saturated heterocycles. The van der Waals surface area contributed by atoms with Crippen LogP contribution in [-0.4, -0.2) is 4.98 Å². The molecule has 0 unspecified atom stereocenters. The quantitative estimate of drug-likeness (QED) is 0.331. The summed E-state index contributed by atoms with van der Waals surface area (Å²) in [6.07, 6.45) is 0. The maximum Gasteiger partial charge on any atom is 0.124 e. The third-order valence-corrected chi connectivity index (χ3v) is 6.76. The molecule has 1 heterocycles. The number of hydrogen-bond acceptors (Lipinski definition) is 2. The van der Waals surface area contributed by atoms with E-state index < -0.39 is 0 Å². The Morgan fingerprint density at radius 1 is 0.880 bits per heavy atom. The van der Waals surface area contributed by atoms with Crippen molar-refractivity contribution in [2.45, 2.75) is 19.3 Å². The molecule has 1 aromatic heterocycles. The summed E-state index contributed by atoms with van der Waals surface area (Å²) in [5.74, 6) is 0. The molecule has 122 valence electrons. The monoisotopic (exact) mass is 405 g/mol. The second-order valence-electron chi connectivity index (χ2n) is 7.06. The normalized spacial score (nSPS) is 14.5. The Morgan fingerprint density at radius 3 is 2.40 bits per heavy atom. The largest absolute Gasteiger partial charge is 0.236 e. The number of rotatable bonds is 1. The molecule has 1 nitrogen and oxygen atoms in total. The van der Waals surface area contributed by atoms with E-state index in [-0.39, 0.29) is 5.41 Å². The van der Waals surface area contributed by atoms with E-state index in [0.717, 1.165) is 15.0 Å². The van der Waals surface area contributed by atoms with Crippen LogP contribution in [-0.2, 0) is 5.41 Å². The molecule has 3 heteroatoms. The number of fused-ring (bicyclic) bond motifs is 4. The first kappa shape index (κ1) is 15.3. The Hall–Kier alpha value is -1.97. The molecule has 0 saturated carbocycles. The molecule has 3 aromatic carbocycles. The van der Waals surface area contributed by atoms with Gasteiger partial charge in [-0.3, -0.25) is 0 Å². The zero-order valence-electron chi connectivity index (χ0n) is 14.0. The summed E-state index contributed by atoms with van der Waals surface area (Å²) in [6, 6.07) is 21.8. The van der Waals surface area contributed by atoms with Crippen molar-refractivity contribution in [2.24, 2.45) is 0 Å². The highest BCUT2D eigenvalue weighted by Crippen LogP contribution is 2.50. The smallest absolute Gasteiger partial charge is 0.124 e. The van der Waals surface area contributed by atoms with Crippen LogP contribution in [0.2, 0.25) is 0 Å². The molecular formula is C22H16BrNS. The zero-order valence-corrected chi connectivity index (χ0v) is 16.4. The Morgan fingerprint density at radius 2 is 1.60 bits per heavy atom. The van der Waals surface area contributed by atoms with Crippen LogP contribution in [0.15, 0.2) is 65.1 Å². The first-order chi connectivity index (χ1) is 12.0. The van der Waals surface area contributed by atoms with Gasteiger partial charge in [0.05, 0.1) is 10.2 Å². The van der Waals surface area contributed by atoms with Gasteiger partial charge < -0.3 is 0 Å². The van der Waals surface area contributed by atoms with Gasteiger partial charge in [-0.1, -0.05) is 60.1 Å². The van der Waals surface area contributed by atoms with Crippen LogP contribution in [0, 0.1) is 0 Å². The number of hydrogen-bond donors (Lipinski definition) is 0. The lowest BCUT2D eigenvalue weighted by molar-refractivity contribution is 0.660. The van der Waals surface area contributed by atoms with Crippen molar-refractivity contribution in [1.82, 2.24) is 4.98 Å². The van der Waals surface area contributed by atoms with Gasteiger partial charge in [-0.05, 0) is 52.6 Å². The predicted molar refractivity (Wildman–Crippen MR) is 110 cm³/mol. The molecule has 1 aliphatic carbocycles. The number of halogens is 1. The minimum absolute atomic E-state index is 0.00113. The van der Waals surface area contributed by atoms with Crippen LogP contribution in [0.25, 0.3) is 31.9 Å². The molecule has 1 aliphatic rings. The van der Waals surface area contributed by atoms with Gasteiger partial charge in [-0.2, -0.15) is 0 Å². The Labute approximate surface area is 159 Å². The zero-order chi connectivity index (χ0) is 17.2. The lowest BCUT2D eigenvalue weighted by Crippen LogP contribution is -2.15. The lowest BCUT2D eigenvalue weighted by Gasteiger charge is -2.22. The van der Waals surface area contributed by atoms with Crippen molar-refractivity contribution >= 4 is 37.5 Å². The second kappa shape index (κ2) is 5.26. The minimum Gasteiger partial charge on any atom is -0.236 e. The van der Waals surface area contributed by atoms with Crippen LogP contribution in [0.1, 0.15) is 25.0 Å². The number of aromatic nitrogens is 1. The second-order valence-corrected chi connectivity index (χ2v) is 9.01. The third-order valence-electron chi connectivity index (χ3n) is 5.18. The molecular weight excluding hydrogens is 390 g/mol. The summed E-state index contributed by atoms with van der Waals surface area (Å²) in [5.41, 5.74) is 7.75. The standard InChI is InChI=1S/C22H16BrNS/c1-22(2)17-11-13(21-24-19-5-3-4-6-20(19)25-21)7-9-15(17)16-10-8-14(23)12-18(16)22/h3-12H,1-2H3. The van der Waals surface area contributed by atoms with Gasteiger partial charge in [0, 0.05) is 15.5 Å². The first-order valence-electron chi connectivity index (χ1n) is 8.35. The Balaban J connectivity index is 1.70. The van der Waals surface area contributed by atoms with Crippen LogP contribution in [0.5, 0.6) is 0 Å². The molecule has 25 heavy (non-hydrogen) atoms. The number of thiazole rings is 1. The molecule has 0 N–H and O–H groups in total. The molecule has 0 radical (unpaired) electrons. The molecule has 0 atom stereocenters. The fraction of sp³-hybridized carbons (Fsp3) is 0.136. The van der Waals surface area contributed by atoms with Gasteiger partial charge >= 0.3 is 0 Å². The van der Waals surface area contributed by atoms with Crippen molar-refractivity contribution in [2.75, 3.05) is 0 Å². The SMILES string of the molecule is CC1(C)c2cc(Br)ccc2-c2ccc(-c3nc4ccccc4s3)cc21. The van der Waals surface area contributed by atoms with Crippen molar-refractivity contribution in [3.8, 4) is 21.7 Å². The summed E-state index contributed by atoms with van der Waals surface area (Å²) in [4.78, 5) is 4.83. The van der Waals surface area contributed by atoms with Crippen molar-refractivity contribution < 1.29 is 0 Å². The maximum absolute atomic E-state index is 4.83. The average Bonchev–Trinajstić information content (AvgIpc) is 3.13. The van der Waals surface area contributed by atoms with E-state index in [1.165, 1.54) is 32.5 Å². The van der Waals surface area contributed by atoms with Gasteiger partial charge in [-0.25, -0.2) is 4.98 Å². The highest BCUT2D eigenvalue weighted by Gasteiger charge is 2.35. The van der Waals surface area contributed by atoms with E-state index in [1.807, 2.05) is 6.07 Å². The van der Waals surface area contributed by atoms with Gasteiger partial charge in [0.25, 0.3) is 0 Å². The molecule has 0 fully saturated rings. The fourth-order valence-corrected chi connectivity index (χ4v) is 5.16. The fourth-order valence-electron chi connectivity index (χ4n) is 3.84. The Kier molecular flexibility index (Phi) is 3.22. The first-order valence-corrected chi connectivity index (χ1v) is 9.96. The number of nitrogens with zero attached hydrogens (tertiary/aromatic N) is 1. The molecule has 0 aliphatic heterocycles. The van der Waals surface area contributed by atoms with Crippen molar-refractivity contribution in [3.05, 3.63) is 76.3 Å². The lowest BCUT2D eigenvalue weighted by atomic mass is 9.82. The third kappa shape index (κ3) is 2.22.